The van der Waals surface area contributed by atoms with E-state index in [9.17, 15) is 9.36 Å². The van der Waals surface area contributed by atoms with Crippen LogP contribution < -0.4 is 5.32 Å². The van der Waals surface area contributed by atoms with E-state index in [4.69, 9.17) is 9.63 Å². The number of aromatic amines is 1. The predicted octanol–water partition coefficient (Wildman–Crippen LogP) is 1.04. The average Bonchev–Trinajstić information content (AvgIpc) is 3.03. The highest BCUT2D eigenvalue weighted by molar-refractivity contribution is 7.47. The van der Waals surface area contributed by atoms with E-state index in [0.29, 0.717) is 24.4 Å². The number of carbonyl (C=O) groups is 1. The molecule has 2 aliphatic rings. The minimum atomic E-state index is -4.00. The molecule has 1 aromatic rings. The third-order valence-electron chi connectivity index (χ3n) is 4.90. The van der Waals surface area contributed by atoms with Crippen LogP contribution in [0.3, 0.4) is 0 Å². The Hall–Kier alpha value is -1.48. The first-order chi connectivity index (χ1) is 12.0. The topological polar surface area (TPSA) is 136 Å². The van der Waals surface area contributed by atoms with Gasteiger partial charge in [-0.2, -0.15) is 15.4 Å². The first kappa shape index (κ1) is 18.3. The van der Waals surface area contributed by atoms with Gasteiger partial charge in [0.25, 0.3) is 0 Å². The van der Waals surface area contributed by atoms with E-state index in [-0.39, 0.29) is 13.2 Å². The molecule has 4 atom stereocenters. The van der Waals surface area contributed by atoms with Gasteiger partial charge in [-0.1, -0.05) is 0 Å². The molecular weight excluding hydrogens is 351 g/mol. The van der Waals surface area contributed by atoms with E-state index in [1.165, 1.54) is 0 Å². The van der Waals surface area contributed by atoms with Gasteiger partial charge in [-0.25, -0.2) is 9.36 Å². The van der Waals surface area contributed by atoms with Crippen LogP contribution in [0.4, 0.5) is 4.79 Å². The summed E-state index contributed by atoms with van der Waals surface area (Å²) < 4.78 is 25.2. The normalized spacial score (nSPS) is 27.2. The highest BCUT2D eigenvalue weighted by atomic mass is 31.2. The van der Waals surface area contributed by atoms with Crippen molar-refractivity contribution in [1.82, 2.24) is 20.7 Å². The van der Waals surface area contributed by atoms with Crippen molar-refractivity contribution in [3.05, 3.63) is 11.4 Å². The maximum Gasteiger partial charge on any atom is 0.471 e. The van der Waals surface area contributed by atoms with Gasteiger partial charge in [-0.15, -0.1) is 0 Å². The summed E-state index contributed by atoms with van der Waals surface area (Å²) in [6, 6.07) is 0. The molecule has 0 aromatic carbocycles. The fraction of sp³-hybridized carbons (Fsp3) is 0.786. The third-order valence-corrected chi connectivity index (χ3v) is 5.87. The molecule has 3 rings (SSSR count). The average molecular weight is 374 g/mol. The Morgan fingerprint density at radius 1 is 1.32 bits per heavy atom. The summed E-state index contributed by atoms with van der Waals surface area (Å²) in [5.41, 5.74) is 2.11. The molecule has 0 radical (unpaired) electrons. The Kier molecular flexibility index (Phi) is 5.73. The molecule has 140 valence electrons. The van der Waals surface area contributed by atoms with Gasteiger partial charge in [0.1, 0.15) is 0 Å². The fourth-order valence-corrected chi connectivity index (χ4v) is 3.93. The highest BCUT2D eigenvalue weighted by Crippen LogP contribution is 2.52. The lowest BCUT2D eigenvalue weighted by Crippen LogP contribution is -2.28. The summed E-state index contributed by atoms with van der Waals surface area (Å²) in [7, 11) is -2.93. The molecule has 0 aliphatic heterocycles. The van der Waals surface area contributed by atoms with E-state index in [1.807, 2.05) is 0 Å². The van der Waals surface area contributed by atoms with E-state index in [0.717, 1.165) is 44.2 Å². The number of amides is 1. The molecule has 1 saturated carbocycles. The summed E-state index contributed by atoms with van der Waals surface area (Å²) in [6.07, 6.45) is 3.34. The maximum atomic E-state index is 11.7. The molecule has 11 heteroatoms. The van der Waals surface area contributed by atoms with Crippen LogP contribution in [0.5, 0.6) is 0 Å². The number of H-pyrrole nitrogens is 1. The number of carbonyl (C=O) groups excluding carboxylic acids is 1. The fourth-order valence-electron chi connectivity index (χ4n) is 3.50. The zero-order valence-corrected chi connectivity index (χ0v) is 14.9. The van der Waals surface area contributed by atoms with E-state index >= 15 is 0 Å². The summed E-state index contributed by atoms with van der Waals surface area (Å²) in [5, 5.41) is 13.5. The van der Waals surface area contributed by atoms with Gasteiger partial charge in [0.2, 0.25) is 0 Å². The minimum absolute atomic E-state index is 0.0664. The van der Waals surface area contributed by atoms with Crippen molar-refractivity contribution < 1.29 is 28.0 Å². The molecule has 2 aliphatic carbocycles. The Morgan fingerprint density at radius 2 is 1.96 bits per heavy atom. The molecule has 10 nitrogen and oxygen atoms in total. The van der Waals surface area contributed by atoms with Crippen molar-refractivity contribution in [2.24, 2.45) is 17.8 Å². The Bertz CT molecular complexity index is 625. The lowest BCUT2D eigenvalue weighted by atomic mass is 10.0. The van der Waals surface area contributed by atoms with Crippen LogP contribution in [0.15, 0.2) is 0 Å². The summed E-state index contributed by atoms with van der Waals surface area (Å²) >= 11 is 0. The van der Waals surface area contributed by atoms with Gasteiger partial charge in [0.15, 0.2) is 0 Å². The molecule has 25 heavy (non-hydrogen) atoms. The van der Waals surface area contributed by atoms with Crippen LogP contribution in [0.25, 0.3) is 0 Å². The number of rotatable bonds is 7. The van der Waals surface area contributed by atoms with Gasteiger partial charge >= 0.3 is 13.9 Å². The number of nitrogens with zero attached hydrogens (tertiary/aromatic N) is 2. The third kappa shape index (κ3) is 4.78. The van der Waals surface area contributed by atoms with Gasteiger partial charge in [0, 0.05) is 13.7 Å². The van der Waals surface area contributed by atoms with Gasteiger partial charge in [0.05, 0.1) is 24.6 Å². The molecule has 0 bridgehead atoms. The Balaban J connectivity index is 1.33. The van der Waals surface area contributed by atoms with Crippen LogP contribution in [0.2, 0.25) is 0 Å². The summed E-state index contributed by atoms with van der Waals surface area (Å²) in [5.74, 6) is 1.53. The molecule has 1 aromatic heterocycles. The van der Waals surface area contributed by atoms with E-state index < -0.39 is 13.9 Å². The largest absolute Gasteiger partial charge is 0.471 e. The van der Waals surface area contributed by atoms with Crippen molar-refractivity contribution in [3.63, 3.8) is 0 Å². The highest BCUT2D eigenvalue weighted by Gasteiger charge is 2.50. The first-order valence-corrected chi connectivity index (χ1v) is 9.82. The summed E-state index contributed by atoms with van der Waals surface area (Å²) in [6.45, 7) is 0.316. The summed E-state index contributed by atoms with van der Waals surface area (Å²) in [4.78, 5) is 20.7. The number of aryl methyl sites for hydroxylation is 2. The van der Waals surface area contributed by atoms with E-state index in [1.54, 1.807) is 0 Å². The number of ether oxygens (including phenoxy) is 1. The van der Waals surface area contributed by atoms with Gasteiger partial charge in [-0.05, 0) is 43.4 Å². The SMILES string of the molecule is COP(=O)(O)OCCNC(=O)OCC1[C@H]2CCc3n[nH]nc3CC[C@@H]12. The minimum Gasteiger partial charge on any atom is -0.449 e. The zero-order chi connectivity index (χ0) is 17.9. The van der Waals surface area contributed by atoms with Crippen molar-refractivity contribution >= 4 is 13.9 Å². The number of phosphoric acid groups is 1. The quantitative estimate of drug-likeness (QED) is 0.476. The smallest absolute Gasteiger partial charge is 0.449 e. The Labute approximate surface area is 145 Å². The number of fused-ring (bicyclic) bond motifs is 2. The van der Waals surface area contributed by atoms with Gasteiger partial charge in [-0.3, -0.25) is 9.05 Å². The van der Waals surface area contributed by atoms with E-state index in [2.05, 4.69) is 29.8 Å². The second-order valence-corrected chi connectivity index (χ2v) is 7.86. The number of hydrogen-bond acceptors (Lipinski definition) is 7. The zero-order valence-electron chi connectivity index (χ0n) is 14.0. The number of phosphoric ester groups is 1. The molecule has 1 heterocycles. The van der Waals surface area contributed by atoms with Crippen molar-refractivity contribution in [2.75, 3.05) is 26.9 Å². The van der Waals surface area contributed by atoms with Crippen LogP contribution in [-0.4, -0.2) is 53.3 Å². The molecule has 2 unspecified atom stereocenters. The molecule has 1 fully saturated rings. The molecule has 3 N–H and O–H groups in total. The second kappa shape index (κ2) is 7.82. The van der Waals surface area contributed by atoms with Crippen LogP contribution in [0.1, 0.15) is 24.2 Å². The number of alkyl carbamates (subject to hydrolysis) is 1. The van der Waals surface area contributed by atoms with Gasteiger partial charge < -0.3 is 14.9 Å². The molecule has 0 spiro atoms. The first-order valence-electron chi connectivity index (χ1n) is 8.32. The maximum absolute atomic E-state index is 11.7. The number of nitrogens with one attached hydrogen (secondary N) is 2. The monoisotopic (exact) mass is 374 g/mol. The predicted molar refractivity (Wildman–Crippen MR) is 85.6 cm³/mol. The van der Waals surface area contributed by atoms with Crippen molar-refractivity contribution in [1.29, 1.82) is 0 Å². The lowest BCUT2D eigenvalue weighted by molar-refractivity contribution is 0.132. The van der Waals surface area contributed by atoms with Crippen LogP contribution in [-0.2, 0) is 31.2 Å². The molecule has 1 amide bonds. The Morgan fingerprint density at radius 3 is 2.56 bits per heavy atom. The van der Waals surface area contributed by atoms with Crippen LogP contribution >= 0.6 is 7.82 Å². The standard InChI is InChI=1S/C14H23N4O6P/c1-22-25(20,21)24-7-6-15-14(19)23-8-11-9-2-4-12-13(17-18-16-12)5-3-10(9)11/h9-11H,2-8H2,1H3,(H,15,19)(H,20,21)(H,16,17,18)/t9-,10+,11?. The lowest BCUT2D eigenvalue weighted by Gasteiger charge is -2.10. The van der Waals surface area contributed by atoms with Crippen LogP contribution in [0, 0.1) is 17.8 Å². The van der Waals surface area contributed by atoms with Crippen molar-refractivity contribution in [3.8, 4) is 0 Å². The number of aromatic nitrogens is 3. The molecular formula is C14H23N4O6P. The van der Waals surface area contributed by atoms with Crippen molar-refractivity contribution in [2.45, 2.75) is 25.7 Å². The second-order valence-electron chi connectivity index (χ2n) is 6.30. The number of hydrogen-bond donors (Lipinski definition) is 3. The molecule has 0 saturated heterocycles.